The van der Waals surface area contributed by atoms with Crippen LogP contribution in [0.3, 0.4) is 0 Å². The molecule has 3 heterocycles. The van der Waals surface area contributed by atoms with Gasteiger partial charge in [-0.1, -0.05) is 12.1 Å². The van der Waals surface area contributed by atoms with Crippen molar-refractivity contribution in [3.63, 3.8) is 0 Å². The van der Waals surface area contributed by atoms with Crippen molar-refractivity contribution < 1.29 is 14.3 Å². The summed E-state index contributed by atoms with van der Waals surface area (Å²) in [4.78, 5) is 31.0. The monoisotopic (exact) mass is 426 g/mol. The fourth-order valence-corrected chi connectivity index (χ4v) is 5.23. The molecule has 0 bridgehead atoms. The molecule has 1 aromatic carbocycles. The second-order valence-corrected chi connectivity index (χ2v) is 10.3. The van der Waals surface area contributed by atoms with E-state index in [1.54, 1.807) is 16.2 Å². The van der Waals surface area contributed by atoms with Crippen molar-refractivity contribution in [1.82, 2.24) is 9.80 Å². The van der Waals surface area contributed by atoms with Crippen molar-refractivity contribution in [1.29, 1.82) is 0 Å². The number of carbonyl (C=O) groups is 2. The number of rotatable bonds is 2. The van der Waals surface area contributed by atoms with Crippen molar-refractivity contribution in [3.8, 4) is 10.4 Å². The Balaban J connectivity index is 1.55. The molecule has 2 aliphatic rings. The van der Waals surface area contributed by atoms with E-state index in [1.165, 1.54) is 5.56 Å². The van der Waals surface area contributed by atoms with Gasteiger partial charge in [-0.25, -0.2) is 4.79 Å². The van der Waals surface area contributed by atoms with Crippen LogP contribution in [-0.4, -0.2) is 47.0 Å². The standard InChI is InChI=1S/C24H30N2O3S/c1-16-13-20(30-21(16)22(27)25-10-5-6-11-25)18-8-7-17-9-12-26(15-19(17)14-18)23(28)29-24(2,3)4/h7-8,13-14H,5-6,9-12,15H2,1-4H3. The molecule has 0 unspecified atom stereocenters. The molecule has 1 fully saturated rings. The van der Waals surface area contributed by atoms with Gasteiger partial charge in [-0.2, -0.15) is 0 Å². The normalized spacial score (nSPS) is 16.5. The third kappa shape index (κ3) is 4.38. The summed E-state index contributed by atoms with van der Waals surface area (Å²) < 4.78 is 5.55. The number of fused-ring (bicyclic) bond motifs is 1. The topological polar surface area (TPSA) is 49.9 Å². The molecular formula is C24H30N2O3S. The first-order valence-corrected chi connectivity index (χ1v) is 11.5. The van der Waals surface area contributed by atoms with Crippen LogP contribution < -0.4 is 0 Å². The highest BCUT2D eigenvalue weighted by atomic mass is 32.1. The van der Waals surface area contributed by atoms with Crippen LogP contribution in [-0.2, 0) is 17.7 Å². The fraction of sp³-hybridized carbons (Fsp3) is 0.500. The average molecular weight is 427 g/mol. The number of amides is 2. The summed E-state index contributed by atoms with van der Waals surface area (Å²) in [6.45, 7) is 10.7. The Morgan fingerprint density at radius 3 is 2.43 bits per heavy atom. The molecule has 1 saturated heterocycles. The van der Waals surface area contributed by atoms with Gasteiger partial charge >= 0.3 is 6.09 Å². The molecule has 0 aliphatic carbocycles. The lowest BCUT2D eigenvalue weighted by molar-refractivity contribution is 0.0224. The molecule has 4 rings (SSSR count). The molecule has 0 radical (unpaired) electrons. The molecule has 0 saturated carbocycles. The number of ether oxygens (including phenoxy) is 1. The largest absolute Gasteiger partial charge is 0.444 e. The Hall–Kier alpha value is -2.34. The maximum atomic E-state index is 12.9. The van der Waals surface area contributed by atoms with Crippen molar-refractivity contribution in [3.05, 3.63) is 45.8 Å². The van der Waals surface area contributed by atoms with Crippen LogP contribution in [0.5, 0.6) is 0 Å². The molecule has 2 amide bonds. The summed E-state index contributed by atoms with van der Waals surface area (Å²) >= 11 is 1.58. The second-order valence-electron chi connectivity index (χ2n) is 9.26. The van der Waals surface area contributed by atoms with E-state index < -0.39 is 5.60 Å². The summed E-state index contributed by atoms with van der Waals surface area (Å²) in [6.07, 6.45) is 2.77. The molecule has 5 nitrogen and oxygen atoms in total. The maximum Gasteiger partial charge on any atom is 0.410 e. The van der Waals surface area contributed by atoms with E-state index in [-0.39, 0.29) is 12.0 Å². The fourth-order valence-electron chi connectivity index (χ4n) is 4.09. The number of hydrogen-bond donors (Lipinski definition) is 0. The average Bonchev–Trinajstić information content (AvgIpc) is 3.35. The molecule has 6 heteroatoms. The van der Waals surface area contributed by atoms with E-state index in [9.17, 15) is 9.59 Å². The van der Waals surface area contributed by atoms with Crippen LogP contribution in [0.15, 0.2) is 24.3 Å². The number of carbonyl (C=O) groups excluding carboxylic acids is 2. The zero-order valence-electron chi connectivity index (χ0n) is 18.3. The van der Waals surface area contributed by atoms with E-state index in [0.29, 0.717) is 13.1 Å². The van der Waals surface area contributed by atoms with Crippen LogP contribution in [0.25, 0.3) is 10.4 Å². The molecule has 2 aliphatic heterocycles. The highest BCUT2D eigenvalue weighted by molar-refractivity contribution is 7.17. The Labute approximate surface area is 182 Å². The number of aryl methyl sites for hydroxylation is 1. The van der Waals surface area contributed by atoms with E-state index in [4.69, 9.17) is 4.74 Å². The van der Waals surface area contributed by atoms with E-state index >= 15 is 0 Å². The molecule has 0 N–H and O–H groups in total. The smallest absolute Gasteiger partial charge is 0.410 e. The lowest BCUT2D eigenvalue weighted by Crippen LogP contribution is -2.39. The van der Waals surface area contributed by atoms with Crippen LogP contribution in [0.1, 0.15) is 60.0 Å². The number of nitrogens with zero attached hydrogens (tertiary/aromatic N) is 2. The first kappa shape index (κ1) is 20.9. The molecular weight excluding hydrogens is 396 g/mol. The minimum absolute atomic E-state index is 0.162. The van der Waals surface area contributed by atoms with Crippen molar-refractivity contribution in [2.45, 2.75) is 59.1 Å². The Kier molecular flexibility index (Phi) is 5.62. The Morgan fingerprint density at radius 2 is 1.73 bits per heavy atom. The third-order valence-electron chi connectivity index (χ3n) is 5.66. The van der Waals surface area contributed by atoms with Gasteiger partial charge in [0.15, 0.2) is 0 Å². The van der Waals surface area contributed by atoms with E-state index in [2.05, 4.69) is 24.3 Å². The van der Waals surface area contributed by atoms with Gasteiger partial charge < -0.3 is 14.5 Å². The molecule has 160 valence electrons. The van der Waals surface area contributed by atoms with E-state index in [0.717, 1.165) is 58.8 Å². The summed E-state index contributed by atoms with van der Waals surface area (Å²) in [5, 5.41) is 0. The van der Waals surface area contributed by atoms with Crippen LogP contribution in [0, 0.1) is 6.92 Å². The maximum absolute atomic E-state index is 12.9. The molecule has 1 aromatic heterocycles. The minimum atomic E-state index is -0.494. The van der Waals surface area contributed by atoms with Gasteiger partial charge in [0, 0.05) is 31.1 Å². The summed E-state index contributed by atoms with van der Waals surface area (Å²) in [7, 11) is 0. The first-order valence-electron chi connectivity index (χ1n) is 10.7. The summed E-state index contributed by atoms with van der Waals surface area (Å²) in [5.41, 5.74) is 4.09. The van der Waals surface area contributed by atoms with Crippen LogP contribution in [0.4, 0.5) is 4.79 Å². The van der Waals surface area contributed by atoms with Gasteiger partial charge in [0.25, 0.3) is 5.91 Å². The van der Waals surface area contributed by atoms with Gasteiger partial charge in [-0.15, -0.1) is 11.3 Å². The minimum Gasteiger partial charge on any atom is -0.444 e. The quantitative estimate of drug-likeness (QED) is 0.659. The number of thiophene rings is 1. The molecule has 30 heavy (non-hydrogen) atoms. The molecule has 2 aromatic rings. The lowest BCUT2D eigenvalue weighted by Gasteiger charge is -2.31. The van der Waals surface area contributed by atoms with Gasteiger partial charge in [0.05, 0.1) is 4.88 Å². The van der Waals surface area contributed by atoms with Crippen LogP contribution >= 0.6 is 11.3 Å². The zero-order chi connectivity index (χ0) is 21.5. The highest BCUT2D eigenvalue weighted by Gasteiger charge is 2.27. The Bertz CT molecular complexity index is 967. The summed E-state index contributed by atoms with van der Waals surface area (Å²) in [5.74, 6) is 0.162. The van der Waals surface area contributed by atoms with Gasteiger partial charge in [-0.3, -0.25) is 4.79 Å². The summed E-state index contributed by atoms with van der Waals surface area (Å²) in [6, 6.07) is 8.58. The molecule has 0 spiro atoms. The predicted molar refractivity (Wildman–Crippen MR) is 120 cm³/mol. The number of likely N-dealkylation sites (tertiary alicyclic amines) is 1. The highest BCUT2D eigenvalue weighted by Crippen LogP contribution is 2.34. The first-order chi connectivity index (χ1) is 14.2. The predicted octanol–water partition coefficient (Wildman–Crippen LogP) is 5.25. The van der Waals surface area contributed by atoms with E-state index in [1.807, 2.05) is 32.6 Å². The Morgan fingerprint density at radius 1 is 1.00 bits per heavy atom. The zero-order valence-corrected chi connectivity index (χ0v) is 19.1. The van der Waals surface area contributed by atoms with Crippen molar-refractivity contribution in [2.75, 3.05) is 19.6 Å². The SMILES string of the molecule is Cc1cc(-c2ccc3c(c2)CN(C(=O)OC(C)(C)C)CC3)sc1C(=O)N1CCCC1. The van der Waals surface area contributed by atoms with Crippen LogP contribution in [0.2, 0.25) is 0 Å². The molecule has 0 atom stereocenters. The third-order valence-corrected chi connectivity index (χ3v) is 6.93. The van der Waals surface area contributed by atoms with Crippen molar-refractivity contribution in [2.24, 2.45) is 0 Å². The number of hydrogen-bond acceptors (Lipinski definition) is 4. The number of benzene rings is 1. The van der Waals surface area contributed by atoms with Crippen molar-refractivity contribution >= 4 is 23.3 Å². The van der Waals surface area contributed by atoms with Gasteiger partial charge in [0.2, 0.25) is 0 Å². The van der Waals surface area contributed by atoms with Gasteiger partial charge in [0.1, 0.15) is 5.60 Å². The second kappa shape index (κ2) is 8.06. The lowest BCUT2D eigenvalue weighted by atomic mass is 9.97. The van der Waals surface area contributed by atoms with Gasteiger partial charge in [-0.05, 0) is 81.3 Å².